The number of aliphatic imine (C=N–C) groups is 1. The third kappa shape index (κ3) is 3.32. The van der Waals surface area contributed by atoms with Crippen molar-refractivity contribution in [2.45, 2.75) is 31.7 Å². The number of nitrogens with two attached hydrogens (primary N) is 1. The van der Waals surface area contributed by atoms with Crippen LogP contribution in [0.15, 0.2) is 41.5 Å². The van der Waals surface area contributed by atoms with Crippen LogP contribution in [0.5, 0.6) is 0 Å². The molecule has 3 N–H and O–H groups in total. The quantitative estimate of drug-likeness (QED) is 0.843. The van der Waals surface area contributed by atoms with E-state index < -0.39 is 5.54 Å². The molecule has 2 atom stereocenters. The number of carbonyl (C=O) groups excluding carboxylic acids is 1. The molecule has 1 fully saturated rings. The molecule has 1 aromatic heterocycles. The standard InChI is InChI=1S/C20H21FN4OS/c1-12-6-8-23-17(9-12)18(26)24-14-4-5-16(21)15(10-14)20-7-2-3-13(20)11-27-19(22)25-20/h4-6,8-10,13H,2-3,7,11H2,1H3,(H2,22,25)(H,24,26). The molecule has 2 unspecified atom stereocenters. The number of halogens is 1. The SMILES string of the molecule is Cc1ccnc(C(=O)Nc2ccc(F)c(C34CCCC3CSC(N)=N4)c2)c1. The predicted molar refractivity (Wildman–Crippen MR) is 106 cm³/mol. The van der Waals surface area contributed by atoms with Crippen LogP contribution in [-0.2, 0) is 5.54 Å². The second kappa shape index (κ2) is 6.96. The van der Waals surface area contributed by atoms with Gasteiger partial charge in [-0.3, -0.25) is 14.8 Å². The topological polar surface area (TPSA) is 80.4 Å². The summed E-state index contributed by atoms with van der Waals surface area (Å²) in [7, 11) is 0. The number of nitrogens with zero attached hydrogens (tertiary/aromatic N) is 2. The lowest BCUT2D eigenvalue weighted by Crippen LogP contribution is -2.37. The van der Waals surface area contributed by atoms with Gasteiger partial charge in [0, 0.05) is 23.2 Å². The zero-order valence-electron chi connectivity index (χ0n) is 15.0. The van der Waals surface area contributed by atoms with E-state index >= 15 is 0 Å². The molecule has 140 valence electrons. The van der Waals surface area contributed by atoms with Crippen LogP contribution in [0.1, 0.15) is 40.9 Å². The van der Waals surface area contributed by atoms with Crippen molar-refractivity contribution in [2.24, 2.45) is 16.6 Å². The number of amides is 1. The Kier molecular flexibility index (Phi) is 4.63. The molecule has 4 rings (SSSR count). The summed E-state index contributed by atoms with van der Waals surface area (Å²) in [5.41, 5.74) is 7.69. The number of pyridine rings is 1. The van der Waals surface area contributed by atoms with Gasteiger partial charge in [-0.2, -0.15) is 0 Å². The van der Waals surface area contributed by atoms with Crippen LogP contribution in [0.3, 0.4) is 0 Å². The molecular weight excluding hydrogens is 363 g/mol. The van der Waals surface area contributed by atoms with Crippen molar-refractivity contribution in [3.63, 3.8) is 0 Å². The number of fused-ring (bicyclic) bond motifs is 1. The van der Waals surface area contributed by atoms with E-state index in [0.717, 1.165) is 30.6 Å². The Morgan fingerprint density at radius 3 is 3.04 bits per heavy atom. The predicted octanol–water partition coefficient (Wildman–Crippen LogP) is 3.84. The van der Waals surface area contributed by atoms with Gasteiger partial charge in [0.05, 0.1) is 5.54 Å². The zero-order chi connectivity index (χ0) is 19.0. The molecule has 7 heteroatoms. The second-order valence-corrected chi connectivity index (χ2v) is 8.18. The number of thioether (sulfide) groups is 1. The van der Waals surface area contributed by atoms with Crippen molar-refractivity contribution < 1.29 is 9.18 Å². The summed E-state index contributed by atoms with van der Waals surface area (Å²) < 4.78 is 14.8. The fraction of sp³-hybridized carbons (Fsp3) is 0.350. The summed E-state index contributed by atoms with van der Waals surface area (Å²) in [6.07, 6.45) is 4.37. The maximum Gasteiger partial charge on any atom is 0.274 e. The minimum Gasteiger partial charge on any atom is -0.379 e. The van der Waals surface area contributed by atoms with Crippen molar-refractivity contribution in [3.8, 4) is 0 Å². The van der Waals surface area contributed by atoms with E-state index in [1.54, 1.807) is 24.4 Å². The molecule has 1 aliphatic heterocycles. The van der Waals surface area contributed by atoms with E-state index in [2.05, 4.69) is 15.3 Å². The minimum absolute atomic E-state index is 0.258. The van der Waals surface area contributed by atoms with Crippen LogP contribution >= 0.6 is 11.8 Å². The van der Waals surface area contributed by atoms with Gasteiger partial charge in [0.1, 0.15) is 11.5 Å². The fourth-order valence-corrected chi connectivity index (χ4v) is 5.09. The normalized spacial score (nSPS) is 24.2. The highest BCUT2D eigenvalue weighted by Crippen LogP contribution is 2.51. The lowest BCUT2D eigenvalue weighted by molar-refractivity contribution is 0.102. The average molecular weight is 384 g/mol. The lowest BCUT2D eigenvalue weighted by Gasteiger charge is -2.36. The Morgan fingerprint density at radius 2 is 2.22 bits per heavy atom. The van der Waals surface area contributed by atoms with E-state index in [1.807, 2.05) is 13.0 Å². The van der Waals surface area contributed by atoms with Crippen LogP contribution in [0.2, 0.25) is 0 Å². The van der Waals surface area contributed by atoms with E-state index in [-0.39, 0.29) is 17.6 Å². The molecule has 1 aliphatic carbocycles. The molecule has 27 heavy (non-hydrogen) atoms. The number of anilines is 1. The summed E-state index contributed by atoms with van der Waals surface area (Å²) in [4.78, 5) is 21.3. The molecule has 0 spiro atoms. The van der Waals surface area contributed by atoms with Gasteiger partial charge in [0.15, 0.2) is 5.17 Å². The van der Waals surface area contributed by atoms with Crippen LogP contribution < -0.4 is 11.1 Å². The van der Waals surface area contributed by atoms with Crippen molar-refractivity contribution in [2.75, 3.05) is 11.1 Å². The summed E-state index contributed by atoms with van der Waals surface area (Å²) >= 11 is 1.53. The molecule has 0 saturated heterocycles. The summed E-state index contributed by atoms with van der Waals surface area (Å²) in [6.45, 7) is 1.90. The number of rotatable bonds is 3. The number of nitrogens with one attached hydrogen (secondary N) is 1. The molecule has 0 bridgehead atoms. The number of aromatic nitrogens is 1. The van der Waals surface area contributed by atoms with Crippen molar-refractivity contribution in [1.29, 1.82) is 0 Å². The highest BCUT2D eigenvalue weighted by atomic mass is 32.2. The van der Waals surface area contributed by atoms with Crippen LogP contribution in [0.4, 0.5) is 10.1 Å². The van der Waals surface area contributed by atoms with Gasteiger partial charge in [0.2, 0.25) is 0 Å². The number of carbonyl (C=O) groups is 1. The Balaban J connectivity index is 1.68. The molecule has 2 aliphatic rings. The molecular formula is C20H21FN4OS. The van der Waals surface area contributed by atoms with Crippen molar-refractivity contribution >= 4 is 28.5 Å². The Labute approximate surface area is 161 Å². The van der Waals surface area contributed by atoms with Crippen LogP contribution in [-0.4, -0.2) is 21.8 Å². The van der Waals surface area contributed by atoms with Crippen molar-refractivity contribution in [1.82, 2.24) is 4.98 Å². The first-order valence-electron chi connectivity index (χ1n) is 9.00. The van der Waals surface area contributed by atoms with Gasteiger partial charge in [-0.25, -0.2) is 4.39 Å². The van der Waals surface area contributed by atoms with Gasteiger partial charge in [-0.1, -0.05) is 18.2 Å². The number of benzene rings is 1. The molecule has 1 saturated carbocycles. The first kappa shape index (κ1) is 18.0. The second-order valence-electron chi connectivity index (χ2n) is 7.14. The zero-order valence-corrected chi connectivity index (χ0v) is 15.9. The Morgan fingerprint density at radius 1 is 1.37 bits per heavy atom. The minimum atomic E-state index is -0.623. The highest BCUT2D eigenvalue weighted by Gasteiger charge is 2.48. The summed E-state index contributed by atoms with van der Waals surface area (Å²) in [6, 6.07) is 8.21. The Bertz CT molecular complexity index is 932. The highest BCUT2D eigenvalue weighted by molar-refractivity contribution is 8.13. The Hall–Kier alpha value is -2.41. The lowest BCUT2D eigenvalue weighted by atomic mass is 9.81. The van der Waals surface area contributed by atoms with Gasteiger partial charge >= 0.3 is 0 Å². The number of hydrogen-bond acceptors (Lipinski definition) is 5. The monoisotopic (exact) mass is 384 g/mol. The maximum atomic E-state index is 14.8. The number of aryl methyl sites for hydroxylation is 1. The van der Waals surface area contributed by atoms with E-state index in [1.165, 1.54) is 17.8 Å². The van der Waals surface area contributed by atoms with Gasteiger partial charge in [-0.05, 0) is 61.6 Å². The first-order chi connectivity index (χ1) is 13.0. The average Bonchev–Trinajstić information content (AvgIpc) is 3.07. The molecule has 2 aromatic rings. The molecule has 5 nitrogen and oxygen atoms in total. The largest absolute Gasteiger partial charge is 0.379 e. The molecule has 1 amide bonds. The summed E-state index contributed by atoms with van der Waals surface area (Å²) in [5.74, 6) is 0.475. The molecule has 2 heterocycles. The van der Waals surface area contributed by atoms with E-state index in [0.29, 0.717) is 22.1 Å². The van der Waals surface area contributed by atoms with Crippen LogP contribution in [0.25, 0.3) is 0 Å². The number of hydrogen-bond donors (Lipinski definition) is 2. The molecule has 0 radical (unpaired) electrons. The maximum absolute atomic E-state index is 14.8. The van der Waals surface area contributed by atoms with Crippen LogP contribution in [0, 0.1) is 18.7 Å². The third-order valence-corrected chi connectivity index (χ3v) is 6.32. The summed E-state index contributed by atoms with van der Waals surface area (Å²) in [5, 5.41) is 3.33. The fourth-order valence-electron chi connectivity index (χ4n) is 4.05. The van der Waals surface area contributed by atoms with Gasteiger partial charge < -0.3 is 11.1 Å². The third-order valence-electron chi connectivity index (χ3n) is 5.37. The van der Waals surface area contributed by atoms with E-state index in [4.69, 9.17) is 5.73 Å². The first-order valence-corrected chi connectivity index (χ1v) is 9.99. The van der Waals surface area contributed by atoms with Gasteiger partial charge in [-0.15, -0.1) is 0 Å². The number of amidine groups is 1. The smallest absolute Gasteiger partial charge is 0.274 e. The van der Waals surface area contributed by atoms with Crippen molar-refractivity contribution in [3.05, 3.63) is 59.2 Å². The van der Waals surface area contributed by atoms with Gasteiger partial charge in [0.25, 0.3) is 5.91 Å². The molecule has 1 aromatic carbocycles. The van der Waals surface area contributed by atoms with E-state index in [9.17, 15) is 9.18 Å².